The third kappa shape index (κ3) is 2.83. The van der Waals surface area contributed by atoms with E-state index in [1.54, 1.807) is 4.90 Å². The maximum Gasteiger partial charge on any atom is 0.217 e. The fourth-order valence-corrected chi connectivity index (χ4v) is 4.44. The van der Waals surface area contributed by atoms with Crippen LogP contribution < -0.4 is 4.90 Å². The highest BCUT2D eigenvalue weighted by Gasteiger charge is 2.48. The summed E-state index contributed by atoms with van der Waals surface area (Å²) in [4.78, 5) is 1.56. The number of aromatic nitrogens is 4. The molecule has 4 rings (SSSR count). The zero-order chi connectivity index (χ0) is 16.4. The number of nitrogens with one attached hydrogen (secondary N) is 1. The molecule has 1 aliphatic heterocycles. The van der Waals surface area contributed by atoms with Crippen molar-refractivity contribution >= 4 is 11.6 Å². The molecule has 1 N–H and O–H groups in total. The molecule has 0 atom stereocenters. The van der Waals surface area contributed by atoms with Crippen LogP contribution in [-0.4, -0.2) is 46.5 Å². The van der Waals surface area contributed by atoms with E-state index in [9.17, 15) is 0 Å². The predicted octanol–water partition coefficient (Wildman–Crippen LogP) is 1.39. The Bertz CT molecular complexity index is 692. The Labute approximate surface area is 146 Å². The summed E-state index contributed by atoms with van der Waals surface area (Å²) in [6, 6.07) is 7.75. The highest BCUT2D eigenvalue weighted by Crippen LogP contribution is 2.34. The first-order valence-corrected chi connectivity index (χ1v) is 9.15. The minimum Gasteiger partial charge on any atom is -0.370 e. The summed E-state index contributed by atoms with van der Waals surface area (Å²) in [6.07, 6.45) is 6.01. The maximum absolute atomic E-state index is 6.18. The summed E-state index contributed by atoms with van der Waals surface area (Å²) in [7, 11) is 0. The molecule has 128 valence electrons. The second kappa shape index (κ2) is 6.78. The van der Waals surface area contributed by atoms with Crippen molar-refractivity contribution in [1.82, 2.24) is 20.2 Å². The quantitative estimate of drug-likeness (QED) is 0.910. The molecule has 0 radical (unpaired) electrons. The van der Waals surface area contributed by atoms with Crippen LogP contribution in [-0.2, 0) is 10.3 Å². The van der Waals surface area contributed by atoms with Gasteiger partial charge in [0.15, 0.2) is 5.54 Å². The summed E-state index contributed by atoms with van der Waals surface area (Å²) >= 11 is 6.18. The van der Waals surface area contributed by atoms with E-state index >= 15 is 0 Å². The summed E-state index contributed by atoms with van der Waals surface area (Å²) < 4.78 is 7.48. The first kappa shape index (κ1) is 16.0. The summed E-state index contributed by atoms with van der Waals surface area (Å²) in [5.74, 6) is 0.973. The van der Waals surface area contributed by atoms with E-state index in [-0.39, 0.29) is 5.54 Å². The van der Waals surface area contributed by atoms with Crippen LogP contribution in [0.3, 0.4) is 0 Å². The molecule has 2 fully saturated rings. The normalized spacial score (nSPS) is 21.7. The molecule has 0 spiro atoms. The molecule has 1 aromatic carbocycles. The topological polar surface area (TPSA) is 57.3 Å². The first-order chi connectivity index (χ1) is 11.8. The molecular formula is C17H23ClN5O+. The summed E-state index contributed by atoms with van der Waals surface area (Å²) in [6.45, 7) is 3.66. The van der Waals surface area contributed by atoms with Crippen LogP contribution >= 0.6 is 11.6 Å². The van der Waals surface area contributed by atoms with Gasteiger partial charge in [0.2, 0.25) is 5.82 Å². The van der Waals surface area contributed by atoms with Crippen molar-refractivity contribution in [3.8, 4) is 5.69 Å². The second-order valence-corrected chi connectivity index (χ2v) is 7.19. The lowest BCUT2D eigenvalue weighted by molar-refractivity contribution is -0.970. The average molecular weight is 349 g/mol. The number of nitrogens with zero attached hydrogens (tertiary/aromatic N) is 4. The number of hydrogen-bond acceptors (Lipinski definition) is 4. The van der Waals surface area contributed by atoms with Crippen LogP contribution in [0.25, 0.3) is 5.69 Å². The van der Waals surface area contributed by atoms with Gasteiger partial charge in [-0.1, -0.05) is 24.1 Å². The number of halogens is 1. The lowest BCUT2D eigenvalue weighted by atomic mass is 9.79. The van der Waals surface area contributed by atoms with Crippen molar-refractivity contribution in [2.45, 2.75) is 37.6 Å². The molecule has 2 heterocycles. The van der Waals surface area contributed by atoms with E-state index in [0.717, 1.165) is 50.7 Å². The molecule has 0 unspecified atom stereocenters. The molecule has 2 aliphatic rings. The highest BCUT2D eigenvalue weighted by molar-refractivity contribution is 6.30. The van der Waals surface area contributed by atoms with Gasteiger partial charge in [0, 0.05) is 17.9 Å². The van der Waals surface area contributed by atoms with Gasteiger partial charge in [-0.2, -0.15) is 4.68 Å². The number of ether oxygens (including phenoxy) is 1. The molecular weight excluding hydrogens is 326 g/mol. The molecule has 1 saturated carbocycles. The van der Waals surface area contributed by atoms with Gasteiger partial charge >= 0.3 is 0 Å². The Morgan fingerprint density at radius 2 is 1.92 bits per heavy atom. The van der Waals surface area contributed by atoms with E-state index in [1.165, 1.54) is 19.3 Å². The molecule has 7 heteroatoms. The van der Waals surface area contributed by atoms with Crippen molar-refractivity contribution in [2.24, 2.45) is 0 Å². The van der Waals surface area contributed by atoms with Gasteiger partial charge < -0.3 is 9.64 Å². The van der Waals surface area contributed by atoms with Crippen LogP contribution in [0.15, 0.2) is 24.3 Å². The minimum absolute atomic E-state index is 0.0200. The van der Waals surface area contributed by atoms with Crippen molar-refractivity contribution in [2.75, 3.05) is 26.3 Å². The van der Waals surface area contributed by atoms with E-state index in [0.29, 0.717) is 5.02 Å². The van der Waals surface area contributed by atoms with E-state index < -0.39 is 0 Å². The van der Waals surface area contributed by atoms with Crippen molar-refractivity contribution in [3.63, 3.8) is 0 Å². The number of rotatable bonds is 3. The molecule has 6 nitrogen and oxygen atoms in total. The second-order valence-electron chi connectivity index (χ2n) is 6.75. The Morgan fingerprint density at radius 3 is 2.67 bits per heavy atom. The molecule has 1 aromatic heterocycles. The molecule has 0 bridgehead atoms. The lowest BCUT2D eigenvalue weighted by Gasteiger charge is -2.43. The van der Waals surface area contributed by atoms with Gasteiger partial charge in [-0.05, 0) is 41.5 Å². The van der Waals surface area contributed by atoms with Crippen molar-refractivity contribution < 1.29 is 9.64 Å². The Balaban J connectivity index is 1.78. The average Bonchev–Trinajstić information content (AvgIpc) is 3.13. The van der Waals surface area contributed by atoms with Crippen molar-refractivity contribution in [3.05, 3.63) is 35.1 Å². The third-order valence-electron chi connectivity index (χ3n) is 5.43. The van der Waals surface area contributed by atoms with Crippen molar-refractivity contribution in [1.29, 1.82) is 0 Å². The Hall–Kier alpha value is -1.50. The molecule has 24 heavy (non-hydrogen) atoms. The SMILES string of the molecule is Clc1cccc(-n2nnnc2C2([NH+]3CCOCC3)CCCCC2)c1. The largest absolute Gasteiger partial charge is 0.370 e. The molecule has 2 aromatic rings. The predicted molar refractivity (Wildman–Crippen MR) is 90.4 cm³/mol. The standard InChI is InChI=1S/C17H22ClN5O/c18-14-5-4-6-15(13-14)23-16(19-20-21-23)17(7-2-1-3-8-17)22-9-11-24-12-10-22/h4-6,13H,1-3,7-12H2/p+1. The van der Waals surface area contributed by atoms with Crippen LogP contribution in [0.4, 0.5) is 0 Å². The third-order valence-corrected chi connectivity index (χ3v) is 5.67. The fourth-order valence-electron chi connectivity index (χ4n) is 4.25. The zero-order valence-corrected chi connectivity index (χ0v) is 14.5. The van der Waals surface area contributed by atoms with E-state index in [1.807, 2.05) is 28.9 Å². The molecule has 0 amide bonds. The number of morpholine rings is 1. The smallest absolute Gasteiger partial charge is 0.217 e. The number of hydrogen-bond donors (Lipinski definition) is 1. The molecule has 1 saturated heterocycles. The van der Waals surface area contributed by atoms with E-state index in [2.05, 4.69) is 15.5 Å². The van der Waals surface area contributed by atoms with Gasteiger partial charge in [0.05, 0.1) is 18.9 Å². The van der Waals surface area contributed by atoms with E-state index in [4.69, 9.17) is 16.3 Å². The Kier molecular flexibility index (Phi) is 4.52. The van der Waals surface area contributed by atoms with Crippen LogP contribution in [0.1, 0.15) is 37.9 Å². The van der Waals surface area contributed by atoms with Gasteiger partial charge in [0.25, 0.3) is 0 Å². The Morgan fingerprint density at radius 1 is 1.12 bits per heavy atom. The minimum atomic E-state index is -0.0200. The summed E-state index contributed by atoms with van der Waals surface area (Å²) in [5.41, 5.74) is 0.911. The lowest BCUT2D eigenvalue weighted by Crippen LogP contribution is -3.20. The van der Waals surface area contributed by atoms with Crippen LogP contribution in [0, 0.1) is 0 Å². The van der Waals surface area contributed by atoms with Crippen LogP contribution in [0.5, 0.6) is 0 Å². The zero-order valence-electron chi connectivity index (χ0n) is 13.7. The highest BCUT2D eigenvalue weighted by atomic mass is 35.5. The van der Waals surface area contributed by atoms with Gasteiger partial charge in [-0.15, -0.1) is 5.10 Å². The van der Waals surface area contributed by atoms with Gasteiger partial charge in [-0.3, -0.25) is 0 Å². The van der Waals surface area contributed by atoms with Gasteiger partial charge in [0.1, 0.15) is 13.1 Å². The monoisotopic (exact) mass is 348 g/mol. The fraction of sp³-hybridized carbons (Fsp3) is 0.588. The van der Waals surface area contributed by atoms with Gasteiger partial charge in [-0.25, -0.2) is 0 Å². The first-order valence-electron chi connectivity index (χ1n) is 8.77. The molecule has 1 aliphatic carbocycles. The van der Waals surface area contributed by atoms with Crippen LogP contribution in [0.2, 0.25) is 5.02 Å². The number of benzene rings is 1. The number of tetrazole rings is 1. The number of quaternary nitrogens is 1. The maximum atomic E-state index is 6.18. The summed E-state index contributed by atoms with van der Waals surface area (Å²) in [5, 5.41) is 13.5.